The van der Waals surface area contributed by atoms with Gasteiger partial charge >= 0.3 is 6.18 Å². The van der Waals surface area contributed by atoms with Crippen molar-refractivity contribution in [3.63, 3.8) is 0 Å². The molecule has 2 heterocycles. The van der Waals surface area contributed by atoms with Crippen molar-refractivity contribution >= 4 is 31.6 Å². The molecule has 8 nitrogen and oxygen atoms in total. The van der Waals surface area contributed by atoms with Crippen LogP contribution >= 0.6 is 0 Å². The highest BCUT2D eigenvalue weighted by atomic mass is 32.2. The summed E-state index contributed by atoms with van der Waals surface area (Å²) in [6.45, 7) is 0.119. The number of fused-ring (bicyclic) bond motifs is 2. The largest absolute Gasteiger partial charge is 0.493 e. The first kappa shape index (κ1) is 23.6. The Labute approximate surface area is 192 Å². The summed E-state index contributed by atoms with van der Waals surface area (Å²) in [5.74, 6) is 0.0397. The summed E-state index contributed by atoms with van der Waals surface area (Å²) in [7, 11) is -1.72. The maximum Gasteiger partial charge on any atom is 0.434 e. The number of nitrogens with zero attached hydrogens (tertiary/aromatic N) is 2. The molecule has 2 aromatic carbocycles. The summed E-state index contributed by atoms with van der Waals surface area (Å²) in [4.78, 5) is 10.6. The van der Waals surface area contributed by atoms with Crippen molar-refractivity contribution in [2.75, 3.05) is 25.7 Å². The monoisotopic (exact) mass is 495 g/mol. The normalized spacial score (nSPS) is 12.3. The molecule has 0 aliphatic carbocycles. The molecule has 0 fully saturated rings. The smallest absolute Gasteiger partial charge is 0.434 e. The van der Waals surface area contributed by atoms with Gasteiger partial charge in [-0.3, -0.25) is 0 Å². The molecule has 0 aliphatic rings. The molecular weight excluding hydrogens is 475 g/mol. The summed E-state index contributed by atoms with van der Waals surface area (Å²) >= 11 is 0. The lowest BCUT2D eigenvalue weighted by Gasteiger charge is -2.14. The van der Waals surface area contributed by atoms with Crippen molar-refractivity contribution in [3.8, 4) is 23.1 Å². The third kappa shape index (κ3) is 5.01. The van der Waals surface area contributed by atoms with E-state index in [-0.39, 0.29) is 41.3 Å². The number of sulfone groups is 1. The Morgan fingerprint density at radius 1 is 1.06 bits per heavy atom. The van der Waals surface area contributed by atoms with Crippen LogP contribution in [0.2, 0.25) is 0 Å². The molecule has 0 saturated carbocycles. The highest BCUT2D eigenvalue weighted by Crippen LogP contribution is 2.44. The zero-order valence-corrected chi connectivity index (χ0v) is 19.0. The fraction of sp³-hybridized carbons (Fsp3) is 0.273. The van der Waals surface area contributed by atoms with E-state index in [4.69, 9.17) is 14.2 Å². The molecule has 0 aliphatic heterocycles. The minimum absolute atomic E-state index is 0.0325. The van der Waals surface area contributed by atoms with Crippen LogP contribution in [-0.4, -0.2) is 49.1 Å². The van der Waals surface area contributed by atoms with Crippen LogP contribution in [0.3, 0.4) is 0 Å². The van der Waals surface area contributed by atoms with E-state index in [0.29, 0.717) is 16.7 Å². The topological polar surface area (TPSA) is 103 Å². The minimum atomic E-state index is -4.68. The minimum Gasteiger partial charge on any atom is -0.493 e. The van der Waals surface area contributed by atoms with Gasteiger partial charge in [-0.05, 0) is 24.6 Å². The Morgan fingerprint density at radius 2 is 1.82 bits per heavy atom. The molecule has 0 atom stereocenters. The van der Waals surface area contributed by atoms with E-state index in [9.17, 15) is 21.6 Å². The van der Waals surface area contributed by atoms with Gasteiger partial charge in [-0.2, -0.15) is 13.2 Å². The second kappa shape index (κ2) is 9.01. The van der Waals surface area contributed by atoms with Gasteiger partial charge in [0.05, 0.1) is 30.4 Å². The molecule has 1 N–H and O–H groups in total. The number of halogens is 3. The molecular formula is C22H20F3N3O5S. The number of aromatic amines is 1. The first-order valence-corrected chi connectivity index (χ1v) is 12.1. The van der Waals surface area contributed by atoms with Gasteiger partial charge < -0.3 is 19.2 Å². The van der Waals surface area contributed by atoms with Crippen LogP contribution in [0.1, 0.15) is 12.1 Å². The highest BCUT2D eigenvalue weighted by molar-refractivity contribution is 7.90. The number of alkyl halides is 3. The predicted molar refractivity (Wildman–Crippen MR) is 119 cm³/mol. The number of nitrogens with one attached hydrogen (secondary N) is 1. The second-order valence-electron chi connectivity index (χ2n) is 7.51. The van der Waals surface area contributed by atoms with E-state index in [1.165, 1.54) is 37.7 Å². The van der Waals surface area contributed by atoms with Gasteiger partial charge in [0.15, 0.2) is 22.9 Å². The molecule has 2 aromatic heterocycles. The Balaban J connectivity index is 1.71. The Morgan fingerprint density at radius 3 is 2.53 bits per heavy atom. The third-order valence-electron chi connectivity index (χ3n) is 4.94. The maximum atomic E-state index is 13.7. The number of H-pyrrole nitrogens is 1. The Kier molecular flexibility index (Phi) is 6.26. The number of hydrogen-bond donors (Lipinski definition) is 1. The number of rotatable bonds is 8. The molecule has 0 radical (unpaired) electrons. The van der Waals surface area contributed by atoms with Gasteiger partial charge in [-0.25, -0.2) is 18.4 Å². The molecule has 4 rings (SSSR count). The zero-order chi connectivity index (χ0) is 24.5. The molecule has 34 heavy (non-hydrogen) atoms. The van der Waals surface area contributed by atoms with Crippen LogP contribution in [-0.2, 0) is 16.0 Å². The standard InChI is InChI=1S/C22H20F3N3O5S/c1-31-17-10-14-16(11-18(17)32-8-5-9-34(2,29)30)26-12-27-21(14)33-19-13-6-3-4-7-15(13)28-20(19)22(23,24)25/h3-4,6-7,10-12,28H,5,8-9H2,1-2H3. The molecule has 0 unspecified atom stereocenters. The van der Waals surface area contributed by atoms with Gasteiger partial charge in [0.1, 0.15) is 16.2 Å². The lowest BCUT2D eigenvalue weighted by atomic mass is 10.2. The molecule has 0 amide bonds. The first-order chi connectivity index (χ1) is 16.1. The fourth-order valence-corrected chi connectivity index (χ4v) is 4.06. The fourth-order valence-electron chi connectivity index (χ4n) is 3.42. The molecule has 0 spiro atoms. The van der Waals surface area contributed by atoms with E-state index in [2.05, 4.69) is 15.0 Å². The number of hydrogen-bond acceptors (Lipinski definition) is 7. The number of para-hydroxylation sites is 1. The van der Waals surface area contributed by atoms with Gasteiger partial charge in [-0.1, -0.05) is 12.1 Å². The van der Waals surface area contributed by atoms with E-state index < -0.39 is 27.5 Å². The number of ether oxygens (including phenoxy) is 3. The Bertz CT molecular complexity index is 1450. The predicted octanol–water partition coefficient (Wildman–Crippen LogP) is 4.74. The molecule has 0 saturated heterocycles. The van der Waals surface area contributed by atoms with Crippen LogP contribution in [0, 0.1) is 0 Å². The lowest BCUT2D eigenvalue weighted by Crippen LogP contribution is -2.08. The van der Waals surface area contributed by atoms with E-state index in [0.717, 1.165) is 6.26 Å². The van der Waals surface area contributed by atoms with E-state index >= 15 is 0 Å². The lowest BCUT2D eigenvalue weighted by molar-refractivity contribution is -0.141. The number of aromatic nitrogens is 3. The van der Waals surface area contributed by atoms with Crippen molar-refractivity contribution in [1.29, 1.82) is 0 Å². The summed E-state index contributed by atoms with van der Waals surface area (Å²) in [6.07, 6.45) is -2.10. The van der Waals surface area contributed by atoms with Crippen LogP contribution in [0.15, 0.2) is 42.7 Å². The van der Waals surface area contributed by atoms with Crippen molar-refractivity contribution in [1.82, 2.24) is 15.0 Å². The molecule has 4 aromatic rings. The molecule has 180 valence electrons. The van der Waals surface area contributed by atoms with Crippen molar-refractivity contribution in [3.05, 3.63) is 48.4 Å². The average Bonchev–Trinajstić information content (AvgIpc) is 3.15. The summed E-state index contributed by atoms with van der Waals surface area (Å²) < 4.78 is 80.3. The number of methoxy groups -OCH3 is 1. The molecule has 12 heteroatoms. The van der Waals surface area contributed by atoms with Crippen LogP contribution < -0.4 is 14.2 Å². The SMILES string of the molecule is COc1cc2c(Oc3c(C(F)(F)F)[nH]c4ccccc34)ncnc2cc1OCCCS(C)(=O)=O. The van der Waals surface area contributed by atoms with E-state index in [1.807, 2.05) is 0 Å². The number of benzene rings is 2. The quantitative estimate of drug-likeness (QED) is 0.352. The van der Waals surface area contributed by atoms with Crippen LogP contribution in [0.4, 0.5) is 13.2 Å². The van der Waals surface area contributed by atoms with Gasteiger partial charge in [-0.15, -0.1) is 0 Å². The van der Waals surface area contributed by atoms with Gasteiger partial charge in [0.25, 0.3) is 0 Å². The van der Waals surface area contributed by atoms with E-state index in [1.54, 1.807) is 12.1 Å². The summed E-state index contributed by atoms with van der Waals surface area (Å²) in [5.41, 5.74) is -0.416. The van der Waals surface area contributed by atoms with Crippen LogP contribution in [0.5, 0.6) is 23.1 Å². The zero-order valence-electron chi connectivity index (χ0n) is 18.1. The van der Waals surface area contributed by atoms with Crippen molar-refractivity contribution in [2.24, 2.45) is 0 Å². The second-order valence-corrected chi connectivity index (χ2v) is 9.77. The average molecular weight is 495 g/mol. The van der Waals surface area contributed by atoms with Crippen molar-refractivity contribution < 1.29 is 35.8 Å². The molecule has 0 bridgehead atoms. The highest BCUT2D eigenvalue weighted by Gasteiger charge is 2.38. The van der Waals surface area contributed by atoms with Gasteiger partial charge in [0.2, 0.25) is 5.88 Å². The first-order valence-electron chi connectivity index (χ1n) is 10.1. The third-order valence-corrected chi connectivity index (χ3v) is 5.97. The van der Waals surface area contributed by atoms with Gasteiger partial charge in [0, 0.05) is 23.2 Å². The summed E-state index contributed by atoms with van der Waals surface area (Å²) in [6, 6.07) is 9.29. The maximum absolute atomic E-state index is 13.7. The Hall–Kier alpha value is -3.54. The van der Waals surface area contributed by atoms with Crippen LogP contribution in [0.25, 0.3) is 21.8 Å². The van der Waals surface area contributed by atoms with Crippen molar-refractivity contribution in [2.45, 2.75) is 12.6 Å². The summed E-state index contributed by atoms with van der Waals surface area (Å²) in [5, 5.41) is 0.556.